The summed E-state index contributed by atoms with van der Waals surface area (Å²) in [5.74, 6) is 1.67. The van der Waals surface area contributed by atoms with Gasteiger partial charge in [-0.25, -0.2) is 18.4 Å². The molecule has 10 heteroatoms. The molecule has 166 valence electrons. The maximum Gasteiger partial charge on any atom is 0.243 e. The van der Waals surface area contributed by atoms with Gasteiger partial charge in [-0.15, -0.1) is 0 Å². The lowest BCUT2D eigenvalue weighted by Gasteiger charge is -2.35. The zero-order chi connectivity index (χ0) is 21.8. The van der Waals surface area contributed by atoms with Crippen molar-refractivity contribution < 1.29 is 13.2 Å². The molecule has 1 amide bonds. The first kappa shape index (κ1) is 21.5. The number of carbonyl (C=O) groups excluding carboxylic acids is 1. The number of rotatable bonds is 6. The average Bonchev–Trinajstić information content (AvgIpc) is 3.35. The first-order chi connectivity index (χ1) is 15.0. The second-order valence-electron chi connectivity index (χ2n) is 7.75. The zero-order valence-electron chi connectivity index (χ0n) is 17.7. The molecule has 0 unspecified atom stereocenters. The fourth-order valence-electron chi connectivity index (χ4n) is 3.90. The van der Waals surface area contributed by atoms with Crippen molar-refractivity contribution in [2.75, 3.05) is 54.4 Å². The van der Waals surface area contributed by atoms with Gasteiger partial charge < -0.3 is 15.1 Å². The van der Waals surface area contributed by atoms with Crippen molar-refractivity contribution in [1.82, 2.24) is 14.3 Å². The lowest BCUT2D eigenvalue weighted by molar-refractivity contribution is -0.115. The molecular formula is C21H28N6O3S. The third-order valence-corrected chi connectivity index (χ3v) is 7.64. The van der Waals surface area contributed by atoms with Crippen LogP contribution in [0.1, 0.15) is 26.2 Å². The number of hydrogen-bond acceptors (Lipinski definition) is 7. The van der Waals surface area contributed by atoms with Crippen molar-refractivity contribution in [2.24, 2.45) is 0 Å². The van der Waals surface area contributed by atoms with Gasteiger partial charge >= 0.3 is 0 Å². The maximum absolute atomic E-state index is 13.0. The van der Waals surface area contributed by atoms with E-state index in [0.29, 0.717) is 38.3 Å². The number of amides is 1. The van der Waals surface area contributed by atoms with Gasteiger partial charge in [-0.05, 0) is 37.1 Å². The number of piperazine rings is 1. The molecule has 2 aliphatic heterocycles. The van der Waals surface area contributed by atoms with Gasteiger partial charge in [0.1, 0.15) is 18.0 Å². The Kier molecular flexibility index (Phi) is 6.38. The Labute approximate surface area is 183 Å². The fourth-order valence-corrected chi connectivity index (χ4v) is 5.32. The zero-order valence-corrected chi connectivity index (χ0v) is 18.5. The summed E-state index contributed by atoms with van der Waals surface area (Å²) in [7, 11) is -3.59. The van der Waals surface area contributed by atoms with Gasteiger partial charge in [0, 0.05) is 57.4 Å². The van der Waals surface area contributed by atoms with Crippen LogP contribution in [0.4, 0.5) is 17.3 Å². The summed E-state index contributed by atoms with van der Waals surface area (Å²) in [5.41, 5.74) is 0.591. The summed E-state index contributed by atoms with van der Waals surface area (Å²) in [6.45, 7) is 5.72. The van der Waals surface area contributed by atoms with Crippen LogP contribution in [0.3, 0.4) is 0 Å². The highest BCUT2D eigenvalue weighted by atomic mass is 32.2. The van der Waals surface area contributed by atoms with Crippen LogP contribution in [0.2, 0.25) is 0 Å². The predicted molar refractivity (Wildman–Crippen MR) is 120 cm³/mol. The Hall–Kier alpha value is -2.72. The Morgan fingerprint density at radius 2 is 1.52 bits per heavy atom. The molecule has 2 saturated heterocycles. The molecule has 1 aromatic carbocycles. The average molecular weight is 445 g/mol. The molecule has 2 aromatic rings. The lowest BCUT2D eigenvalue weighted by atomic mass is 10.3. The molecule has 0 spiro atoms. The molecule has 1 aromatic heterocycles. The summed E-state index contributed by atoms with van der Waals surface area (Å²) in [4.78, 5) is 24.9. The van der Waals surface area contributed by atoms with Crippen LogP contribution in [-0.2, 0) is 14.8 Å². The first-order valence-corrected chi connectivity index (χ1v) is 12.1. The molecule has 0 atom stereocenters. The summed E-state index contributed by atoms with van der Waals surface area (Å²) in [5, 5.41) is 2.73. The number of hydrogen-bond donors (Lipinski definition) is 1. The van der Waals surface area contributed by atoms with E-state index in [1.54, 1.807) is 37.5 Å². The van der Waals surface area contributed by atoms with Gasteiger partial charge in [0.2, 0.25) is 15.9 Å². The van der Waals surface area contributed by atoms with Gasteiger partial charge in [-0.2, -0.15) is 4.31 Å². The number of sulfonamides is 1. The van der Waals surface area contributed by atoms with E-state index >= 15 is 0 Å². The number of nitrogens with zero attached hydrogens (tertiary/aromatic N) is 5. The van der Waals surface area contributed by atoms with Gasteiger partial charge in [0.15, 0.2) is 0 Å². The maximum atomic E-state index is 13.0. The van der Waals surface area contributed by atoms with Crippen LogP contribution < -0.4 is 15.1 Å². The van der Waals surface area contributed by atoms with Crippen LogP contribution in [-0.4, -0.2) is 67.9 Å². The van der Waals surface area contributed by atoms with E-state index in [0.717, 1.165) is 24.7 Å². The summed E-state index contributed by atoms with van der Waals surface area (Å²) < 4.78 is 27.6. The highest BCUT2D eigenvalue weighted by Crippen LogP contribution is 2.24. The molecule has 9 nitrogen and oxygen atoms in total. The summed E-state index contributed by atoms with van der Waals surface area (Å²) in [6, 6.07) is 8.33. The van der Waals surface area contributed by atoms with E-state index in [9.17, 15) is 13.2 Å². The third-order valence-electron chi connectivity index (χ3n) is 5.73. The van der Waals surface area contributed by atoms with Crippen molar-refractivity contribution in [3.63, 3.8) is 0 Å². The molecule has 3 heterocycles. The Bertz CT molecular complexity index is 1010. The quantitative estimate of drug-likeness (QED) is 0.727. The molecule has 4 rings (SSSR count). The fraction of sp³-hybridized carbons (Fsp3) is 0.476. The largest absolute Gasteiger partial charge is 0.356 e. The monoisotopic (exact) mass is 444 g/mol. The van der Waals surface area contributed by atoms with E-state index in [1.807, 2.05) is 6.07 Å². The van der Waals surface area contributed by atoms with Crippen LogP contribution in [0.5, 0.6) is 0 Å². The molecule has 0 saturated carbocycles. The van der Waals surface area contributed by atoms with E-state index in [1.165, 1.54) is 17.1 Å². The van der Waals surface area contributed by atoms with Crippen molar-refractivity contribution in [3.05, 3.63) is 36.7 Å². The number of carbonyl (C=O) groups is 1. The standard InChI is InChI=1S/C21H28N6O3S/c1-2-21(28)24-17-5-7-18(8-6-17)31(29,30)27-13-11-26(12-14-27)20-15-19(22-16-23-20)25-9-3-4-10-25/h5-8,15-16H,2-4,9-14H2,1H3,(H,24,28). The number of benzene rings is 1. The highest BCUT2D eigenvalue weighted by Gasteiger charge is 2.29. The summed E-state index contributed by atoms with van der Waals surface area (Å²) >= 11 is 0. The predicted octanol–water partition coefficient (Wildman–Crippen LogP) is 1.94. The topological polar surface area (TPSA) is 98.7 Å². The first-order valence-electron chi connectivity index (χ1n) is 10.7. The Balaban J connectivity index is 1.40. The molecule has 2 aliphatic rings. The third kappa shape index (κ3) is 4.80. The van der Waals surface area contributed by atoms with Crippen LogP contribution in [0.25, 0.3) is 0 Å². The van der Waals surface area contributed by atoms with Crippen LogP contribution in [0, 0.1) is 0 Å². The van der Waals surface area contributed by atoms with E-state index < -0.39 is 10.0 Å². The van der Waals surface area contributed by atoms with Gasteiger partial charge in [-0.3, -0.25) is 4.79 Å². The minimum atomic E-state index is -3.59. The van der Waals surface area contributed by atoms with Crippen molar-refractivity contribution in [1.29, 1.82) is 0 Å². The number of aromatic nitrogens is 2. The van der Waals surface area contributed by atoms with Gasteiger partial charge in [-0.1, -0.05) is 6.92 Å². The number of anilines is 3. The van der Waals surface area contributed by atoms with Crippen molar-refractivity contribution in [2.45, 2.75) is 31.1 Å². The molecule has 2 fully saturated rings. The number of nitrogens with one attached hydrogen (secondary N) is 1. The van der Waals surface area contributed by atoms with Crippen molar-refractivity contribution in [3.8, 4) is 0 Å². The van der Waals surface area contributed by atoms with E-state index in [-0.39, 0.29) is 10.8 Å². The van der Waals surface area contributed by atoms with E-state index in [4.69, 9.17) is 0 Å². The molecular weight excluding hydrogens is 416 g/mol. The Morgan fingerprint density at radius 3 is 2.10 bits per heavy atom. The molecule has 1 N–H and O–H groups in total. The smallest absolute Gasteiger partial charge is 0.243 e. The van der Waals surface area contributed by atoms with Crippen LogP contribution >= 0.6 is 0 Å². The summed E-state index contributed by atoms with van der Waals surface area (Å²) in [6.07, 6.45) is 4.32. The lowest BCUT2D eigenvalue weighted by Crippen LogP contribution is -2.49. The normalized spacial score (nSPS) is 17.7. The SMILES string of the molecule is CCC(=O)Nc1ccc(S(=O)(=O)N2CCN(c3cc(N4CCCC4)ncn3)CC2)cc1. The van der Waals surface area contributed by atoms with Crippen LogP contribution in [0.15, 0.2) is 41.6 Å². The second kappa shape index (κ2) is 9.19. The molecule has 31 heavy (non-hydrogen) atoms. The van der Waals surface area contributed by atoms with Gasteiger partial charge in [0.25, 0.3) is 0 Å². The van der Waals surface area contributed by atoms with E-state index in [2.05, 4.69) is 25.1 Å². The van der Waals surface area contributed by atoms with Gasteiger partial charge in [0.05, 0.1) is 4.90 Å². The van der Waals surface area contributed by atoms with Crippen molar-refractivity contribution >= 4 is 33.3 Å². The minimum absolute atomic E-state index is 0.107. The second-order valence-corrected chi connectivity index (χ2v) is 9.68. The Morgan fingerprint density at radius 1 is 0.935 bits per heavy atom. The minimum Gasteiger partial charge on any atom is -0.356 e. The molecule has 0 aliphatic carbocycles. The molecule has 0 radical (unpaired) electrons. The highest BCUT2D eigenvalue weighted by molar-refractivity contribution is 7.89. The molecule has 0 bridgehead atoms.